The molecule has 1 saturated carbocycles. The molecule has 164 valence electrons. The summed E-state index contributed by atoms with van der Waals surface area (Å²) in [6.07, 6.45) is 2.35. The second-order valence-corrected chi connectivity index (χ2v) is 9.78. The summed E-state index contributed by atoms with van der Waals surface area (Å²) >= 11 is 0. The number of morpholine rings is 1. The van der Waals surface area contributed by atoms with Crippen molar-refractivity contribution in [2.24, 2.45) is 0 Å². The Morgan fingerprint density at radius 2 is 1.61 bits per heavy atom. The highest BCUT2D eigenvalue weighted by molar-refractivity contribution is 7.89. The zero-order chi connectivity index (χ0) is 21.9. The Morgan fingerprint density at radius 3 is 2.19 bits per heavy atom. The number of ketones is 1. The van der Waals surface area contributed by atoms with Crippen LogP contribution in [0, 0.1) is 0 Å². The van der Waals surface area contributed by atoms with E-state index < -0.39 is 15.4 Å². The van der Waals surface area contributed by atoms with Crippen LogP contribution in [0.15, 0.2) is 59.5 Å². The van der Waals surface area contributed by atoms with E-state index in [4.69, 9.17) is 9.47 Å². The summed E-state index contributed by atoms with van der Waals surface area (Å²) in [5, 5.41) is 0. The number of carbonyl (C=O) groups is 2. The van der Waals surface area contributed by atoms with Crippen LogP contribution in [0.3, 0.4) is 0 Å². The fraction of sp³-hybridized carbons (Fsp3) is 0.391. The number of hydrogen-bond donors (Lipinski definition) is 0. The number of hydrogen-bond acceptors (Lipinski definition) is 6. The van der Waals surface area contributed by atoms with Gasteiger partial charge in [-0.15, -0.1) is 0 Å². The summed E-state index contributed by atoms with van der Waals surface area (Å²) < 4.78 is 37.3. The molecule has 2 aromatic carbocycles. The van der Waals surface area contributed by atoms with Gasteiger partial charge in [0.15, 0.2) is 12.4 Å². The summed E-state index contributed by atoms with van der Waals surface area (Å²) in [4.78, 5) is 25.4. The van der Waals surface area contributed by atoms with E-state index in [0.29, 0.717) is 44.7 Å². The van der Waals surface area contributed by atoms with Crippen LogP contribution < -0.4 is 0 Å². The van der Waals surface area contributed by atoms with E-state index >= 15 is 0 Å². The van der Waals surface area contributed by atoms with Crippen LogP contribution in [0.25, 0.3) is 0 Å². The van der Waals surface area contributed by atoms with E-state index in [2.05, 4.69) is 0 Å². The van der Waals surface area contributed by atoms with Crippen molar-refractivity contribution >= 4 is 21.8 Å². The Hall–Kier alpha value is -2.55. The lowest BCUT2D eigenvalue weighted by molar-refractivity contribution is -0.153. The molecular weight excluding hydrogens is 418 g/mol. The van der Waals surface area contributed by atoms with Gasteiger partial charge in [0.1, 0.15) is 0 Å². The van der Waals surface area contributed by atoms with Gasteiger partial charge in [0.2, 0.25) is 10.0 Å². The molecule has 1 saturated heterocycles. The average molecular weight is 444 g/mol. The summed E-state index contributed by atoms with van der Waals surface area (Å²) in [6.45, 7) is 0.977. The number of Topliss-reactive ketones (excluding diaryl/α,β-unsaturated/α-hetero) is 1. The van der Waals surface area contributed by atoms with Crippen molar-refractivity contribution in [3.8, 4) is 0 Å². The molecule has 0 N–H and O–H groups in total. The van der Waals surface area contributed by atoms with Crippen molar-refractivity contribution in [2.75, 3.05) is 32.9 Å². The molecule has 0 amide bonds. The molecule has 1 aliphatic carbocycles. The van der Waals surface area contributed by atoms with Crippen LogP contribution in [0.2, 0.25) is 0 Å². The van der Waals surface area contributed by atoms with Crippen molar-refractivity contribution in [3.05, 3.63) is 65.7 Å². The second-order valence-electron chi connectivity index (χ2n) is 7.84. The maximum Gasteiger partial charge on any atom is 0.317 e. The van der Waals surface area contributed by atoms with Gasteiger partial charge >= 0.3 is 5.97 Å². The SMILES string of the molecule is O=C(COC(=O)C1(c2ccccc2)CCC1)c1ccc(S(=O)(=O)N2CCOCC2)cc1. The summed E-state index contributed by atoms with van der Waals surface area (Å²) in [7, 11) is -3.62. The van der Waals surface area contributed by atoms with Crippen LogP contribution in [0.5, 0.6) is 0 Å². The molecule has 0 unspecified atom stereocenters. The van der Waals surface area contributed by atoms with E-state index in [0.717, 1.165) is 12.0 Å². The van der Waals surface area contributed by atoms with Gasteiger partial charge < -0.3 is 9.47 Å². The third kappa shape index (κ3) is 4.28. The molecule has 31 heavy (non-hydrogen) atoms. The molecule has 1 aliphatic heterocycles. The first-order valence-electron chi connectivity index (χ1n) is 10.4. The smallest absolute Gasteiger partial charge is 0.317 e. The second kappa shape index (κ2) is 8.90. The zero-order valence-electron chi connectivity index (χ0n) is 17.2. The molecule has 7 nitrogen and oxygen atoms in total. The maximum atomic E-state index is 12.8. The number of rotatable bonds is 7. The first kappa shape index (κ1) is 21.7. The largest absolute Gasteiger partial charge is 0.457 e. The Labute approximate surface area is 182 Å². The number of esters is 1. The van der Waals surface area contributed by atoms with Gasteiger partial charge in [-0.3, -0.25) is 9.59 Å². The number of ether oxygens (including phenoxy) is 2. The van der Waals surface area contributed by atoms with E-state index in [-0.39, 0.29) is 23.3 Å². The molecule has 0 atom stereocenters. The lowest BCUT2D eigenvalue weighted by atomic mass is 9.64. The number of nitrogens with zero attached hydrogens (tertiary/aromatic N) is 1. The van der Waals surface area contributed by atoms with Gasteiger partial charge in [0.05, 0.1) is 23.5 Å². The van der Waals surface area contributed by atoms with Gasteiger partial charge in [-0.25, -0.2) is 8.42 Å². The van der Waals surface area contributed by atoms with Crippen LogP contribution in [0.1, 0.15) is 35.2 Å². The first-order chi connectivity index (χ1) is 14.9. The standard InChI is InChI=1S/C23H25NO6S/c25-21(17-30-22(26)23(11-4-12-23)19-5-2-1-3-6-19)18-7-9-20(10-8-18)31(27,28)24-13-15-29-16-14-24/h1-3,5-10H,4,11-17H2. The lowest BCUT2D eigenvalue weighted by Gasteiger charge is -2.39. The highest BCUT2D eigenvalue weighted by Gasteiger charge is 2.47. The molecule has 2 fully saturated rings. The normalized spacial score (nSPS) is 18.7. The number of carbonyl (C=O) groups excluding carboxylic acids is 2. The third-order valence-corrected chi connectivity index (χ3v) is 7.96. The van der Waals surface area contributed by atoms with Crippen molar-refractivity contribution in [1.29, 1.82) is 0 Å². The van der Waals surface area contributed by atoms with Crippen LogP contribution in [-0.4, -0.2) is 57.4 Å². The van der Waals surface area contributed by atoms with Crippen LogP contribution in [-0.2, 0) is 29.7 Å². The highest BCUT2D eigenvalue weighted by Crippen LogP contribution is 2.44. The molecule has 2 aromatic rings. The molecule has 0 aromatic heterocycles. The lowest BCUT2D eigenvalue weighted by Crippen LogP contribution is -2.44. The van der Waals surface area contributed by atoms with Gasteiger partial charge in [-0.05, 0) is 42.7 Å². The molecule has 0 spiro atoms. The maximum absolute atomic E-state index is 12.8. The topological polar surface area (TPSA) is 90.0 Å². The van der Waals surface area contributed by atoms with Crippen molar-refractivity contribution in [2.45, 2.75) is 29.6 Å². The summed E-state index contributed by atoms with van der Waals surface area (Å²) in [5.41, 5.74) is 0.546. The fourth-order valence-electron chi connectivity index (χ4n) is 4.00. The minimum Gasteiger partial charge on any atom is -0.457 e. The number of sulfonamides is 1. The average Bonchev–Trinajstić information content (AvgIpc) is 2.78. The molecule has 0 radical (unpaired) electrons. The van der Waals surface area contributed by atoms with E-state index in [1.807, 2.05) is 30.3 Å². The predicted octanol–water partition coefficient (Wildman–Crippen LogP) is 2.56. The monoisotopic (exact) mass is 443 g/mol. The van der Waals surface area contributed by atoms with Gasteiger partial charge in [0.25, 0.3) is 0 Å². The van der Waals surface area contributed by atoms with Gasteiger partial charge in [-0.2, -0.15) is 4.31 Å². The Balaban J connectivity index is 1.39. The third-order valence-electron chi connectivity index (χ3n) is 6.04. The van der Waals surface area contributed by atoms with E-state index in [9.17, 15) is 18.0 Å². The van der Waals surface area contributed by atoms with E-state index in [1.165, 1.54) is 28.6 Å². The molecular formula is C23H25NO6S. The van der Waals surface area contributed by atoms with Crippen LogP contribution in [0.4, 0.5) is 0 Å². The van der Waals surface area contributed by atoms with Gasteiger partial charge in [0, 0.05) is 18.7 Å². The van der Waals surface area contributed by atoms with E-state index in [1.54, 1.807) is 0 Å². The minimum absolute atomic E-state index is 0.125. The Morgan fingerprint density at radius 1 is 0.968 bits per heavy atom. The Bertz CT molecular complexity index is 1040. The number of benzene rings is 2. The predicted molar refractivity (Wildman–Crippen MR) is 113 cm³/mol. The zero-order valence-corrected chi connectivity index (χ0v) is 18.0. The first-order valence-corrected chi connectivity index (χ1v) is 11.8. The fourth-order valence-corrected chi connectivity index (χ4v) is 5.41. The van der Waals surface area contributed by atoms with Crippen molar-refractivity contribution in [1.82, 2.24) is 4.31 Å². The Kier molecular flexibility index (Phi) is 6.22. The summed E-state index contributed by atoms with van der Waals surface area (Å²) in [6, 6.07) is 15.2. The molecule has 8 heteroatoms. The molecule has 0 bridgehead atoms. The van der Waals surface area contributed by atoms with Crippen molar-refractivity contribution < 1.29 is 27.5 Å². The molecule has 2 aliphatic rings. The molecule has 1 heterocycles. The highest BCUT2D eigenvalue weighted by atomic mass is 32.2. The molecule has 4 rings (SSSR count). The van der Waals surface area contributed by atoms with Crippen LogP contribution >= 0.6 is 0 Å². The van der Waals surface area contributed by atoms with Gasteiger partial charge in [-0.1, -0.05) is 36.8 Å². The summed E-state index contributed by atoms with van der Waals surface area (Å²) in [5.74, 6) is -0.754. The quantitative estimate of drug-likeness (QED) is 0.483. The van der Waals surface area contributed by atoms with Crippen molar-refractivity contribution in [3.63, 3.8) is 0 Å². The minimum atomic E-state index is -3.62.